The van der Waals surface area contributed by atoms with E-state index in [0.29, 0.717) is 18.2 Å². The highest BCUT2D eigenvalue weighted by Gasteiger charge is 2.27. The molecule has 0 bridgehead atoms. The predicted octanol–water partition coefficient (Wildman–Crippen LogP) is 8.42. The van der Waals surface area contributed by atoms with Crippen molar-refractivity contribution < 1.29 is 4.39 Å². The highest BCUT2D eigenvalue weighted by atomic mass is 19.1. The molecule has 0 aliphatic heterocycles. The summed E-state index contributed by atoms with van der Waals surface area (Å²) < 4.78 is 15.3. The Labute approximate surface area is 229 Å². The van der Waals surface area contributed by atoms with E-state index in [1.165, 1.54) is 12.0 Å². The molecule has 4 aromatic rings. The lowest BCUT2D eigenvalue weighted by Gasteiger charge is -2.29. The summed E-state index contributed by atoms with van der Waals surface area (Å²) in [6, 6.07) is 11.5. The zero-order valence-corrected chi connectivity index (χ0v) is 22.8. The number of hydrogen-bond acceptors (Lipinski definition) is 5. The first-order valence-electron chi connectivity index (χ1n) is 13.7. The molecule has 1 aliphatic carbocycles. The normalized spacial score (nSPS) is 14.7. The zero-order chi connectivity index (χ0) is 27.2. The van der Waals surface area contributed by atoms with Crippen LogP contribution in [0.2, 0.25) is 0 Å². The lowest BCUT2D eigenvalue weighted by molar-refractivity contribution is 0.420. The summed E-state index contributed by atoms with van der Waals surface area (Å²) in [6.07, 6.45) is 17.6. The average Bonchev–Trinajstić information content (AvgIpc) is 2.91. The van der Waals surface area contributed by atoms with Crippen molar-refractivity contribution in [3.63, 3.8) is 0 Å². The van der Waals surface area contributed by atoms with Gasteiger partial charge in [0.1, 0.15) is 17.3 Å². The van der Waals surface area contributed by atoms with E-state index in [-0.39, 0.29) is 5.82 Å². The fourth-order valence-corrected chi connectivity index (χ4v) is 5.03. The van der Waals surface area contributed by atoms with Gasteiger partial charge in [-0.05, 0) is 81.0 Å². The Hall–Kier alpha value is -4.19. The maximum absolute atomic E-state index is 15.3. The average molecular weight is 520 g/mol. The summed E-state index contributed by atoms with van der Waals surface area (Å²) >= 11 is 0. The third-order valence-corrected chi connectivity index (χ3v) is 7.12. The largest absolute Gasteiger partial charge is 0.366 e. The molecule has 0 radical (unpaired) electrons. The van der Waals surface area contributed by atoms with Crippen molar-refractivity contribution in [3.8, 4) is 11.3 Å². The molecule has 0 spiro atoms. The van der Waals surface area contributed by atoms with E-state index < -0.39 is 0 Å². The van der Waals surface area contributed by atoms with Gasteiger partial charge < -0.3 is 5.32 Å². The molecule has 5 nitrogen and oxygen atoms in total. The number of hydrogen-bond donors (Lipinski definition) is 1. The molecule has 1 fully saturated rings. The van der Waals surface area contributed by atoms with Gasteiger partial charge >= 0.3 is 0 Å². The van der Waals surface area contributed by atoms with Gasteiger partial charge in [-0.1, -0.05) is 43.2 Å². The lowest BCUT2D eigenvalue weighted by atomic mass is 9.77. The van der Waals surface area contributed by atoms with E-state index >= 15 is 4.39 Å². The van der Waals surface area contributed by atoms with Crippen molar-refractivity contribution in [1.82, 2.24) is 19.9 Å². The van der Waals surface area contributed by atoms with Gasteiger partial charge in [0.2, 0.25) is 0 Å². The third-order valence-electron chi connectivity index (χ3n) is 7.12. The number of halogens is 1. The first-order valence-corrected chi connectivity index (χ1v) is 13.7. The first-order chi connectivity index (χ1) is 19.1. The second-order valence-corrected chi connectivity index (χ2v) is 9.97. The van der Waals surface area contributed by atoms with Gasteiger partial charge in [-0.25, -0.2) is 14.4 Å². The van der Waals surface area contributed by atoms with Crippen LogP contribution >= 0.6 is 0 Å². The maximum atomic E-state index is 15.3. The molecule has 6 heteroatoms. The Morgan fingerprint density at radius 3 is 2.69 bits per heavy atom. The van der Waals surface area contributed by atoms with E-state index in [4.69, 9.17) is 9.97 Å². The van der Waals surface area contributed by atoms with Crippen LogP contribution in [-0.2, 0) is 6.54 Å². The smallest absolute Gasteiger partial charge is 0.149 e. The molecular formula is C33H34FN5. The van der Waals surface area contributed by atoms with Crippen LogP contribution in [0.25, 0.3) is 27.9 Å². The first kappa shape index (κ1) is 26.4. The third kappa shape index (κ3) is 5.95. The summed E-state index contributed by atoms with van der Waals surface area (Å²) in [5.41, 5.74) is 7.89. The standard InChI is InChI=1S/C33H34FN5/c1-4-8-22(3)18-25(9-5-2)32-27(34)19-23(20-37-32)21-38-33-31(24-10-6-11-24)26(15-17-36-33)28-13-14-29-30(39-28)12-7-16-35-29/h5,7-9,12-20,24H,4,6,10-11,21H2,1-3H3,(H,36,38)/b9-5-,22-8+,25-18+. The fourth-order valence-electron chi connectivity index (χ4n) is 5.03. The van der Waals surface area contributed by atoms with Gasteiger partial charge in [-0.2, -0.15) is 0 Å². The Balaban J connectivity index is 1.42. The Morgan fingerprint density at radius 1 is 1.08 bits per heavy atom. The van der Waals surface area contributed by atoms with Crippen LogP contribution in [0.5, 0.6) is 0 Å². The second kappa shape index (κ2) is 12.1. The molecule has 198 valence electrons. The molecule has 1 aliphatic rings. The molecule has 4 heterocycles. The molecule has 5 rings (SSSR count). The SMILES string of the molecule is C\C=C/C(=C\C(C)=C\CC)c1ncc(CNc2nccc(-c3ccc4ncccc4n3)c2C2CCC2)cc1F. The zero-order valence-electron chi connectivity index (χ0n) is 22.8. The van der Waals surface area contributed by atoms with Gasteiger partial charge in [0.05, 0.1) is 16.7 Å². The number of fused-ring (bicyclic) bond motifs is 1. The highest BCUT2D eigenvalue weighted by molar-refractivity contribution is 5.80. The monoisotopic (exact) mass is 519 g/mol. The van der Waals surface area contributed by atoms with Crippen LogP contribution in [0, 0.1) is 5.82 Å². The van der Waals surface area contributed by atoms with Crippen LogP contribution < -0.4 is 5.32 Å². The van der Waals surface area contributed by atoms with Gasteiger partial charge in [-0.3, -0.25) is 9.97 Å². The van der Waals surface area contributed by atoms with Crippen LogP contribution in [0.15, 0.2) is 84.9 Å². The number of nitrogens with one attached hydrogen (secondary N) is 1. The fraction of sp³-hybridized carbons (Fsp3) is 0.273. The van der Waals surface area contributed by atoms with Crippen molar-refractivity contribution >= 4 is 22.4 Å². The number of allylic oxidation sites excluding steroid dienone is 6. The molecule has 0 aromatic carbocycles. The summed E-state index contributed by atoms with van der Waals surface area (Å²) in [5, 5.41) is 3.48. The van der Waals surface area contributed by atoms with Gasteiger partial charge in [0.25, 0.3) is 0 Å². The van der Waals surface area contributed by atoms with Crippen molar-refractivity contribution in [3.05, 3.63) is 108 Å². The van der Waals surface area contributed by atoms with Crippen molar-refractivity contribution in [1.29, 1.82) is 0 Å². The molecule has 0 atom stereocenters. The summed E-state index contributed by atoms with van der Waals surface area (Å²) in [4.78, 5) is 18.5. The van der Waals surface area contributed by atoms with Crippen molar-refractivity contribution in [2.45, 2.75) is 58.9 Å². The molecule has 0 saturated heterocycles. The van der Waals surface area contributed by atoms with E-state index in [1.807, 2.05) is 68.6 Å². The lowest BCUT2D eigenvalue weighted by Crippen LogP contribution is -2.15. The quantitative estimate of drug-likeness (QED) is 0.225. The number of nitrogens with zero attached hydrogens (tertiary/aromatic N) is 4. The van der Waals surface area contributed by atoms with E-state index in [1.54, 1.807) is 18.5 Å². The highest BCUT2D eigenvalue weighted by Crippen LogP contribution is 2.44. The van der Waals surface area contributed by atoms with E-state index in [2.05, 4.69) is 28.3 Å². The number of anilines is 1. The molecule has 0 amide bonds. The minimum atomic E-state index is -0.335. The predicted molar refractivity (Wildman–Crippen MR) is 158 cm³/mol. The molecule has 4 aromatic heterocycles. The summed E-state index contributed by atoms with van der Waals surface area (Å²) in [7, 11) is 0. The minimum Gasteiger partial charge on any atom is -0.366 e. The number of pyridine rings is 4. The Bertz CT molecular complexity index is 1570. The van der Waals surface area contributed by atoms with Gasteiger partial charge in [0.15, 0.2) is 0 Å². The topological polar surface area (TPSA) is 63.6 Å². The van der Waals surface area contributed by atoms with E-state index in [9.17, 15) is 0 Å². The molecule has 39 heavy (non-hydrogen) atoms. The number of rotatable bonds is 9. The summed E-state index contributed by atoms with van der Waals surface area (Å²) in [6.45, 7) is 6.46. The van der Waals surface area contributed by atoms with E-state index in [0.717, 1.165) is 64.1 Å². The second-order valence-electron chi connectivity index (χ2n) is 9.97. The Morgan fingerprint density at radius 2 is 1.95 bits per heavy atom. The van der Waals surface area contributed by atoms with Crippen LogP contribution in [0.3, 0.4) is 0 Å². The molecule has 1 saturated carbocycles. The molecule has 1 N–H and O–H groups in total. The van der Waals surface area contributed by atoms with Gasteiger partial charge in [0, 0.05) is 41.8 Å². The Kier molecular flexibility index (Phi) is 8.21. The maximum Gasteiger partial charge on any atom is 0.149 e. The van der Waals surface area contributed by atoms with Crippen molar-refractivity contribution in [2.75, 3.05) is 5.32 Å². The minimum absolute atomic E-state index is 0.335. The van der Waals surface area contributed by atoms with Crippen molar-refractivity contribution in [2.24, 2.45) is 0 Å². The molecular weight excluding hydrogens is 485 g/mol. The van der Waals surface area contributed by atoms with Crippen LogP contribution in [0.1, 0.15) is 69.2 Å². The molecule has 0 unspecified atom stereocenters. The van der Waals surface area contributed by atoms with Crippen LogP contribution in [0.4, 0.5) is 10.2 Å². The van der Waals surface area contributed by atoms with Gasteiger partial charge in [-0.15, -0.1) is 0 Å². The number of aromatic nitrogens is 4. The van der Waals surface area contributed by atoms with Crippen LogP contribution in [-0.4, -0.2) is 19.9 Å². The summed E-state index contributed by atoms with van der Waals surface area (Å²) in [5.74, 6) is 0.912.